The van der Waals surface area contributed by atoms with Crippen molar-refractivity contribution in [2.45, 2.75) is 141 Å². The van der Waals surface area contributed by atoms with Gasteiger partial charge in [-0.3, -0.25) is 19.7 Å². The summed E-state index contributed by atoms with van der Waals surface area (Å²) in [5.74, 6) is -2.25. The predicted octanol–water partition coefficient (Wildman–Crippen LogP) is 5.40. The van der Waals surface area contributed by atoms with Gasteiger partial charge in [0.05, 0.1) is 61.1 Å². The average molecular weight is 836 g/mol. The van der Waals surface area contributed by atoms with Crippen molar-refractivity contribution in [1.29, 1.82) is 0 Å². The number of aliphatic hydroxyl groups is 1. The highest BCUT2D eigenvalue weighted by molar-refractivity contribution is 5.91. The first-order valence-electron chi connectivity index (χ1n) is 21.7. The summed E-state index contributed by atoms with van der Waals surface area (Å²) in [5, 5.41) is 17.4. The molecule has 0 aliphatic carbocycles. The quantitative estimate of drug-likeness (QED) is 0.280. The maximum Gasteiger partial charge on any atom is 0.410 e. The third-order valence-corrected chi connectivity index (χ3v) is 13.7. The molecular formula is C45H65N5O10. The highest BCUT2D eigenvalue weighted by Crippen LogP contribution is 2.45. The number of benzene rings is 1. The van der Waals surface area contributed by atoms with Crippen molar-refractivity contribution in [2.75, 3.05) is 40.4 Å². The molecule has 6 heterocycles. The Hall–Kier alpha value is -3.73. The SMILES string of the molecule is CC[C@@H]1OC(=O)[C@H](C)[C@H]2OCC(=NOCc3ccnc4ccccc34)CO[C@](C)(C[C@@H](C)C3=NCCN4C(=O)O[C@@]1(C)[C@H]4[C@H]3C)[C@@H](O[C@H]1O[C@@H](C)C[C@@H](N(C)C)[C@@H]1O)[C@@H]2C. The molecule has 14 atom stereocenters. The van der Waals surface area contributed by atoms with Gasteiger partial charge in [0.25, 0.3) is 0 Å². The van der Waals surface area contributed by atoms with Crippen molar-refractivity contribution in [1.82, 2.24) is 14.8 Å². The van der Waals surface area contributed by atoms with Crippen molar-refractivity contribution in [3.8, 4) is 0 Å². The second kappa shape index (κ2) is 17.9. The summed E-state index contributed by atoms with van der Waals surface area (Å²) in [6.07, 6.45) is -1.69. The zero-order valence-electron chi connectivity index (χ0n) is 36.9. The molecule has 1 N–H and O–H groups in total. The van der Waals surface area contributed by atoms with Gasteiger partial charge in [-0.2, -0.15) is 0 Å². The molecule has 0 spiro atoms. The number of carbonyl (C=O) groups is 2. The van der Waals surface area contributed by atoms with E-state index in [2.05, 4.69) is 24.0 Å². The number of fused-ring (bicyclic) bond motifs is 5. The molecule has 2 aromatic rings. The normalized spacial score (nSPS) is 39.9. The van der Waals surface area contributed by atoms with E-state index in [4.69, 9.17) is 38.3 Å². The minimum Gasteiger partial charge on any atom is -0.458 e. The first-order valence-corrected chi connectivity index (χ1v) is 21.7. The molecule has 60 heavy (non-hydrogen) atoms. The number of pyridine rings is 1. The predicted molar refractivity (Wildman–Crippen MR) is 224 cm³/mol. The fraction of sp³-hybridized carbons (Fsp3) is 0.711. The van der Waals surface area contributed by atoms with Crippen LogP contribution in [-0.2, 0) is 44.7 Å². The minimum absolute atomic E-state index is 0.00231. The van der Waals surface area contributed by atoms with E-state index in [-0.39, 0.29) is 43.8 Å². The van der Waals surface area contributed by atoms with E-state index in [0.717, 1.165) is 22.2 Å². The molecule has 4 fully saturated rings. The molecule has 1 aromatic carbocycles. The van der Waals surface area contributed by atoms with Gasteiger partial charge in [-0.05, 0) is 79.1 Å². The first kappa shape index (κ1) is 44.3. The van der Waals surface area contributed by atoms with Crippen molar-refractivity contribution < 1.29 is 48.0 Å². The molecular weight excluding hydrogens is 771 g/mol. The van der Waals surface area contributed by atoms with Crippen LogP contribution in [0, 0.1) is 23.7 Å². The van der Waals surface area contributed by atoms with Crippen molar-refractivity contribution in [2.24, 2.45) is 33.8 Å². The molecule has 0 unspecified atom stereocenters. The lowest BCUT2D eigenvalue weighted by Gasteiger charge is -2.48. The molecule has 4 bridgehead atoms. The van der Waals surface area contributed by atoms with Gasteiger partial charge in [0, 0.05) is 47.3 Å². The Morgan fingerprint density at radius 2 is 1.82 bits per heavy atom. The third-order valence-electron chi connectivity index (χ3n) is 13.7. The second-order valence-electron chi connectivity index (χ2n) is 18.3. The van der Waals surface area contributed by atoms with Gasteiger partial charge in [-0.1, -0.05) is 51.0 Å². The number of nitrogens with zero attached hydrogens (tertiary/aromatic N) is 5. The highest BCUT2D eigenvalue weighted by atomic mass is 16.7. The molecule has 4 saturated heterocycles. The Balaban J connectivity index is 1.31. The van der Waals surface area contributed by atoms with Crippen LogP contribution in [0.1, 0.15) is 80.2 Å². The van der Waals surface area contributed by atoms with Crippen LogP contribution >= 0.6 is 0 Å². The molecule has 7 rings (SSSR count). The smallest absolute Gasteiger partial charge is 0.410 e. The molecule has 15 nitrogen and oxygen atoms in total. The van der Waals surface area contributed by atoms with Gasteiger partial charge in [-0.15, -0.1) is 0 Å². The third kappa shape index (κ3) is 8.54. The van der Waals surface area contributed by atoms with Crippen LogP contribution in [0.15, 0.2) is 46.7 Å². The van der Waals surface area contributed by atoms with Gasteiger partial charge >= 0.3 is 12.1 Å². The van der Waals surface area contributed by atoms with Gasteiger partial charge in [0.2, 0.25) is 0 Å². The Morgan fingerprint density at radius 1 is 1.05 bits per heavy atom. The van der Waals surface area contributed by atoms with Crippen molar-refractivity contribution in [3.63, 3.8) is 0 Å². The van der Waals surface area contributed by atoms with E-state index < -0.39 is 71.8 Å². The molecule has 330 valence electrons. The Morgan fingerprint density at radius 3 is 2.57 bits per heavy atom. The Labute approximate surface area is 354 Å². The minimum atomic E-state index is -1.14. The second-order valence-corrected chi connectivity index (χ2v) is 18.3. The first-order chi connectivity index (χ1) is 28.6. The number of amides is 1. The lowest BCUT2D eigenvalue weighted by Crippen LogP contribution is -2.60. The molecule has 0 radical (unpaired) electrons. The Kier molecular flexibility index (Phi) is 13.3. The summed E-state index contributed by atoms with van der Waals surface area (Å²) in [6.45, 7) is 16.8. The largest absolute Gasteiger partial charge is 0.458 e. The molecule has 1 amide bonds. The van der Waals surface area contributed by atoms with Crippen LogP contribution < -0.4 is 0 Å². The van der Waals surface area contributed by atoms with Crippen LogP contribution in [0.2, 0.25) is 0 Å². The summed E-state index contributed by atoms with van der Waals surface area (Å²) in [4.78, 5) is 47.5. The fourth-order valence-corrected chi connectivity index (χ4v) is 10.7. The number of oxime groups is 1. The summed E-state index contributed by atoms with van der Waals surface area (Å²) < 4.78 is 39.9. The highest BCUT2D eigenvalue weighted by Gasteiger charge is 2.60. The number of aliphatic imine (C=N–C) groups is 1. The number of ether oxygens (including phenoxy) is 6. The number of hydrogen-bond acceptors (Lipinski definition) is 14. The fourth-order valence-electron chi connectivity index (χ4n) is 10.7. The molecule has 5 aliphatic rings. The van der Waals surface area contributed by atoms with E-state index in [9.17, 15) is 14.7 Å². The monoisotopic (exact) mass is 835 g/mol. The maximum absolute atomic E-state index is 14.6. The van der Waals surface area contributed by atoms with Crippen molar-refractivity contribution in [3.05, 3.63) is 42.1 Å². The van der Waals surface area contributed by atoms with E-state index in [0.29, 0.717) is 38.1 Å². The molecule has 15 heteroatoms. The molecule has 5 aliphatic heterocycles. The lowest BCUT2D eigenvalue weighted by atomic mass is 9.72. The van der Waals surface area contributed by atoms with Gasteiger partial charge in [0.1, 0.15) is 24.5 Å². The van der Waals surface area contributed by atoms with Crippen LogP contribution in [-0.4, -0.2) is 144 Å². The number of cyclic esters (lactones) is 1. The summed E-state index contributed by atoms with van der Waals surface area (Å²) >= 11 is 0. The van der Waals surface area contributed by atoms with E-state index in [1.807, 2.05) is 83.9 Å². The number of carbonyl (C=O) groups excluding carboxylic acids is 2. The van der Waals surface area contributed by atoms with Crippen LogP contribution in [0.25, 0.3) is 10.9 Å². The van der Waals surface area contributed by atoms with E-state index in [1.54, 1.807) is 18.0 Å². The number of aliphatic hydroxyl groups excluding tert-OH is 1. The maximum atomic E-state index is 14.6. The van der Waals surface area contributed by atoms with Gasteiger partial charge in [0.15, 0.2) is 11.9 Å². The average Bonchev–Trinajstić information content (AvgIpc) is 3.36. The van der Waals surface area contributed by atoms with Gasteiger partial charge < -0.3 is 43.3 Å². The van der Waals surface area contributed by atoms with Crippen molar-refractivity contribution >= 4 is 34.4 Å². The van der Waals surface area contributed by atoms with E-state index >= 15 is 0 Å². The topological polar surface area (TPSA) is 163 Å². The van der Waals surface area contributed by atoms with Crippen LogP contribution in [0.5, 0.6) is 0 Å². The number of esters is 1. The standard InChI is InChI=1S/C45H65N5O10/c1-11-35-45(8)39-27(4)36(47-18-19-50(39)43(53)60-45)25(2)21-44(7)40(59-42-37(51)34(49(9)10)20-26(3)57-42)28(5)38(29(6)41(52)58-35)54-23-31(24-55-44)48-56-22-30-16-17-46-33-15-13-12-14-32(30)33/h12-17,25-29,34-35,37-40,42,51H,11,18-24H2,1-10H3/t25-,26+,27+,28-,29-,34-,35+,37+,38+,39-,40+,42-,44-,45-/m1/s1. The van der Waals surface area contributed by atoms with E-state index in [1.165, 1.54) is 0 Å². The van der Waals surface area contributed by atoms with Crippen LogP contribution in [0.4, 0.5) is 4.79 Å². The summed E-state index contributed by atoms with van der Waals surface area (Å²) in [5.41, 5.74) is 0.961. The number of likely N-dealkylation sites (N-methyl/N-ethyl adjacent to an activating group) is 1. The summed E-state index contributed by atoms with van der Waals surface area (Å²) in [6, 6.07) is 9.13. The number of hydrogen-bond donors (Lipinski definition) is 1. The molecule has 1 aromatic heterocycles. The zero-order valence-corrected chi connectivity index (χ0v) is 36.9. The van der Waals surface area contributed by atoms with Gasteiger partial charge in [-0.25, -0.2) is 4.79 Å². The summed E-state index contributed by atoms with van der Waals surface area (Å²) in [7, 11) is 3.88. The Bertz CT molecular complexity index is 1920. The zero-order chi connectivity index (χ0) is 43.1. The number of aromatic nitrogens is 1. The lowest BCUT2D eigenvalue weighted by molar-refractivity contribution is -0.302. The van der Waals surface area contributed by atoms with Crippen LogP contribution in [0.3, 0.4) is 0 Å². The number of para-hydroxylation sites is 1. The number of rotatable bonds is 7. The molecule has 0 saturated carbocycles.